The molecule has 3 rings (SSSR count). The Hall–Kier alpha value is -2.78. The molecule has 0 aliphatic carbocycles. The minimum absolute atomic E-state index is 0.0887. The van der Waals surface area contributed by atoms with Gasteiger partial charge in [0, 0.05) is 24.8 Å². The van der Waals surface area contributed by atoms with Gasteiger partial charge < -0.3 is 15.1 Å². The number of likely N-dealkylation sites (tertiary alicyclic amines) is 1. The van der Waals surface area contributed by atoms with Crippen molar-refractivity contribution in [2.75, 3.05) is 24.5 Å². The number of nitrogens with zero attached hydrogens (tertiary/aromatic N) is 4. The normalized spacial score (nSPS) is 23.7. The molecular formula is C21H24F3N5O. The van der Waals surface area contributed by atoms with Crippen LogP contribution in [0.3, 0.4) is 0 Å². The molecule has 3 heterocycles. The number of rotatable bonds is 4. The van der Waals surface area contributed by atoms with Gasteiger partial charge in [-0.1, -0.05) is 5.92 Å². The van der Waals surface area contributed by atoms with E-state index in [2.05, 4.69) is 22.3 Å². The number of hydrogen-bond donors (Lipinski definition) is 1. The van der Waals surface area contributed by atoms with Crippen LogP contribution in [-0.4, -0.2) is 53.0 Å². The Balaban J connectivity index is 1.54. The lowest BCUT2D eigenvalue weighted by molar-refractivity contribution is -0.137. The van der Waals surface area contributed by atoms with Crippen molar-refractivity contribution >= 4 is 11.7 Å². The predicted molar refractivity (Wildman–Crippen MR) is 105 cm³/mol. The molecule has 0 spiro atoms. The van der Waals surface area contributed by atoms with Crippen molar-refractivity contribution in [2.45, 2.75) is 56.4 Å². The molecule has 0 aromatic carbocycles. The Labute approximate surface area is 174 Å². The molecule has 1 aromatic rings. The van der Waals surface area contributed by atoms with Crippen molar-refractivity contribution in [3.8, 4) is 18.4 Å². The quantitative estimate of drug-likeness (QED) is 0.760. The first kappa shape index (κ1) is 21.9. The van der Waals surface area contributed by atoms with Gasteiger partial charge in [0.2, 0.25) is 5.91 Å². The van der Waals surface area contributed by atoms with E-state index in [9.17, 15) is 23.2 Å². The van der Waals surface area contributed by atoms with Gasteiger partial charge >= 0.3 is 6.18 Å². The largest absolute Gasteiger partial charge is 0.417 e. The zero-order chi connectivity index (χ0) is 21.9. The summed E-state index contributed by atoms with van der Waals surface area (Å²) >= 11 is 0. The summed E-state index contributed by atoms with van der Waals surface area (Å²) in [6.45, 7) is 3.31. The standard InChI is InChI=1S/C21H24F3N5O/c1-3-16-5-6-17(12-25)29(16)19(30)14-27-20(2)8-10-28(11-9-20)18-7-4-15(13-26-18)21(22,23)24/h1,4,7,13,16-17,27H,5-6,8-11,14H2,2H3/t16-,17+/m0/s1. The summed E-state index contributed by atoms with van der Waals surface area (Å²) in [5, 5.41) is 12.6. The van der Waals surface area contributed by atoms with Crippen LogP contribution in [-0.2, 0) is 11.0 Å². The Morgan fingerprint density at radius 3 is 2.53 bits per heavy atom. The van der Waals surface area contributed by atoms with Crippen molar-refractivity contribution in [1.29, 1.82) is 5.26 Å². The van der Waals surface area contributed by atoms with E-state index in [-0.39, 0.29) is 24.0 Å². The van der Waals surface area contributed by atoms with Gasteiger partial charge in [0.25, 0.3) is 0 Å². The third-order valence-electron chi connectivity index (χ3n) is 5.95. The Morgan fingerprint density at radius 2 is 2.00 bits per heavy atom. The highest BCUT2D eigenvalue weighted by Gasteiger charge is 2.37. The van der Waals surface area contributed by atoms with E-state index in [1.165, 1.54) is 11.0 Å². The molecule has 1 aromatic heterocycles. The van der Waals surface area contributed by atoms with Crippen LogP contribution in [0, 0.1) is 23.7 Å². The molecule has 0 bridgehead atoms. The van der Waals surface area contributed by atoms with Crippen molar-refractivity contribution in [2.24, 2.45) is 0 Å². The predicted octanol–water partition coefficient (Wildman–Crippen LogP) is 2.57. The van der Waals surface area contributed by atoms with Crippen LogP contribution in [0.15, 0.2) is 18.3 Å². The number of pyridine rings is 1. The molecule has 0 unspecified atom stereocenters. The Kier molecular flexibility index (Phi) is 6.23. The van der Waals surface area contributed by atoms with Crippen LogP contribution in [0.2, 0.25) is 0 Å². The maximum absolute atomic E-state index is 12.7. The fourth-order valence-electron chi connectivity index (χ4n) is 3.98. The molecule has 6 nitrogen and oxygen atoms in total. The second-order valence-corrected chi connectivity index (χ2v) is 8.01. The highest BCUT2D eigenvalue weighted by Crippen LogP contribution is 2.31. The van der Waals surface area contributed by atoms with Gasteiger partial charge in [-0.05, 0) is 44.7 Å². The minimum Gasteiger partial charge on any atom is -0.356 e. The van der Waals surface area contributed by atoms with Crippen molar-refractivity contribution in [1.82, 2.24) is 15.2 Å². The summed E-state index contributed by atoms with van der Waals surface area (Å²) in [5.74, 6) is 2.91. The number of terminal acetylenes is 1. The maximum Gasteiger partial charge on any atom is 0.417 e. The van der Waals surface area contributed by atoms with Gasteiger partial charge in [0.05, 0.1) is 24.2 Å². The van der Waals surface area contributed by atoms with Crippen LogP contribution < -0.4 is 10.2 Å². The number of carbonyl (C=O) groups is 1. The molecule has 0 radical (unpaired) electrons. The van der Waals surface area contributed by atoms with Crippen LogP contribution in [0.25, 0.3) is 0 Å². The summed E-state index contributed by atoms with van der Waals surface area (Å²) in [7, 11) is 0. The second kappa shape index (κ2) is 8.53. The molecular weight excluding hydrogens is 395 g/mol. The van der Waals surface area contributed by atoms with Crippen LogP contribution in [0.1, 0.15) is 38.2 Å². The van der Waals surface area contributed by atoms with Gasteiger partial charge in [-0.2, -0.15) is 18.4 Å². The van der Waals surface area contributed by atoms with E-state index in [1.54, 1.807) is 0 Å². The average molecular weight is 419 g/mol. The number of hydrogen-bond acceptors (Lipinski definition) is 5. The van der Waals surface area contributed by atoms with E-state index in [4.69, 9.17) is 6.42 Å². The van der Waals surface area contributed by atoms with E-state index < -0.39 is 17.8 Å². The van der Waals surface area contributed by atoms with Gasteiger partial charge in [-0.25, -0.2) is 4.98 Å². The highest BCUT2D eigenvalue weighted by molar-refractivity contribution is 5.80. The fraction of sp³-hybridized carbons (Fsp3) is 0.571. The third-order valence-corrected chi connectivity index (χ3v) is 5.95. The van der Waals surface area contributed by atoms with Gasteiger partial charge in [-0.3, -0.25) is 4.79 Å². The highest BCUT2D eigenvalue weighted by atomic mass is 19.4. The molecule has 2 aliphatic heterocycles. The number of nitrogens with one attached hydrogen (secondary N) is 1. The third kappa shape index (κ3) is 4.68. The Bertz CT molecular complexity index is 825. The summed E-state index contributed by atoms with van der Waals surface area (Å²) in [6.07, 6.45) is 4.56. The molecule has 2 aliphatic rings. The number of anilines is 1. The lowest BCUT2D eigenvalue weighted by Gasteiger charge is -2.41. The summed E-state index contributed by atoms with van der Waals surface area (Å²) in [6, 6.07) is 3.74. The van der Waals surface area contributed by atoms with Gasteiger partial charge in [0.1, 0.15) is 11.9 Å². The number of amides is 1. The zero-order valence-corrected chi connectivity index (χ0v) is 16.7. The lowest BCUT2D eigenvalue weighted by atomic mass is 9.89. The first-order chi connectivity index (χ1) is 14.2. The molecule has 2 fully saturated rings. The molecule has 30 heavy (non-hydrogen) atoms. The summed E-state index contributed by atoms with van der Waals surface area (Å²) in [4.78, 5) is 20.1. The average Bonchev–Trinajstić information content (AvgIpc) is 3.15. The number of piperidine rings is 1. The molecule has 2 saturated heterocycles. The van der Waals surface area contributed by atoms with Gasteiger partial charge in [0.15, 0.2) is 0 Å². The molecule has 9 heteroatoms. The van der Waals surface area contributed by atoms with E-state index in [0.717, 1.165) is 12.3 Å². The lowest BCUT2D eigenvalue weighted by Crippen LogP contribution is -2.55. The topological polar surface area (TPSA) is 72.3 Å². The van der Waals surface area contributed by atoms with Crippen LogP contribution in [0.4, 0.5) is 19.0 Å². The monoisotopic (exact) mass is 419 g/mol. The van der Waals surface area contributed by atoms with E-state index >= 15 is 0 Å². The number of halogens is 3. The van der Waals surface area contributed by atoms with E-state index in [1.807, 2.05) is 11.8 Å². The second-order valence-electron chi connectivity index (χ2n) is 8.01. The zero-order valence-electron chi connectivity index (χ0n) is 16.7. The molecule has 2 atom stereocenters. The van der Waals surface area contributed by atoms with Crippen molar-refractivity contribution in [3.05, 3.63) is 23.9 Å². The van der Waals surface area contributed by atoms with Crippen LogP contribution in [0.5, 0.6) is 0 Å². The number of nitriles is 1. The molecule has 160 valence electrons. The fourth-order valence-corrected chi connectivity index (χ4v) is 3.98. The van der Waals surface area contributed by atoms with Crippen LogP contribution >= 0.6 is 0 Å². The Morgan fingerprint density at radius 1 is 1.33 bits per heavy atom. The smallest absolute Gasteiger partial charge is 0.356 e. The number of aromatic nitrogens is 1. The van der Waals surface area contributed by atoms with Crippen molar-refractivity contribution in [3.63, 3.8) is 0 Å². The molecule has 0 saturated carbocycles. The number of alkyl halides is 3. The molecule has 1 amide bonds. The summed E-state index contributed by atoms with van der Waals surface area (Å²) in [5.41, 5.74) is -1.07. The summed E-state index contributed by atoms with van der Waals surface area (Å²) < 4.78 is 38.1. The van der Waals surface area contributed by atoms with E-state index in [0.29, 0.717) is 44.6 Å². The first-order valence-electron chi connectivity index (χ1n) is 9.87. The maximum atomic E-state index is 12.7. The molecule has 1 N–H and O–H groups in total. The first-order valence-corrected chi connectivity index (χ1v) is 9.87. The SMILES string of the molecule is C#C[C@H]1CC[C@H](C#N)N1C(=O)CNC1(C)CCN(c2ccc(C(F)(F)F)cn2)CC1. The van der Waals surface area contributed by atoms with Gasteiger partial charge in [-0.15, -0.1) is 6.42 Å². The minimum atomic E-state index is -4.40. The number of carbonyl (C=O) groups excluding carboxylic acids is 1. The van der Waals surface area contributed by atoms with Crippen molar-refractivity contribution < 1.29 is 18.0 Å².